The van der Waals surface area contributed by atoms with Crippen molar-refractivity contribution in [1.29, 1.82) is 0 Å². The van der Waals surface area contributed by atoms with E-state index >= 15 is 0 Å². The molecule has 0 aromatic carbocycles. The summed E-state index contributed by atoms with van der Waals surface area (Å²) in [5.41, 5.74) is 0. The third kappa shape index (κ3) is 1.76. The molecule has 1 nitrogen and oxygen atoms in total. The monoisotopic (exact) mass is 687 g/mol. The van der Waals surface area contributed by atoms with Gasteiger partial charge >= 0.3 is 0 Å². The van der Waals surface area contributed by atoms with Crippen molar-refractivity contribution in [2.45, 2.75) is 39.0 Å². The second-order valence-electron chi connectivity index (χ2n) is 4.37. The maximum atomic E-state index is 9.16. The Kier molecular flexibility index (Phi) is 3.01. The fourth-order valence-electron chi connectivity index (χ4n) is 3.01. The number of hydrogen-bond acceptors (Lipinski definition) is 1. The van der Waals surface area contributed by atoms with Crippen LogP contribution in [0.5, 0.6) is 0 Å². The molecule has 0 radical (unpaired) electrons. The fourth-order valence-corrected chi connectivity index (χ4v) is 3.01. The van der Waals surface area contributed by atoms with E-state index in [1.807, 2.05) is 6.92 Å². The van der Waals surface area contributed by atoms with Crippen LogP contribution in [0.1, 0.15) is 39.0 Å². The van der Waals surface area contributed by atoms with Gasteiger partial charge in [0.25, 0.3) is 0 Å². The molecule has 2 rings (SSSR count). The molecule has 3 unspecified atom stereocenters. The molecule has 2 aliphatic carbocycles. The molecule has 13 heavy (non-hydrogen) atoms. The van der Waals surface area contributed by atoms with E-state index in [0.29, 0.717) is 6.10 Å². The fraction of sp³-hybridized carbons (Fsp3) is 0.900. The smallest absolute Gasteiger partial charge is 0 e. The predicted molar refractivity (Wildman–Crippen MR) is 44.4 cm³/mol. The van der Waals surface area contributed by atoms with Gasteiger partial charge in [-0.25, -0.2) is 6.10 Å². The molecule has 0 saturated heterocycles. The van der Waals surface area contributed by atoms with Crippen molar-refractivity contribution in [3.8, 4) is 0 Å². The average Bonchev–Trinajstić information content (AvgIpc) is 2.45. The van der Waals surface area contributed by atoms with Crippen LogP contribution in [0.25, 0.3) is 0 Å². The van der Waals surface area contributed by atoms with Crippen molar-refractivity contribution in [1.82, 2.24) is 0 Å². The second kappa shape index (κ2) is 3.57. The molecule has 0 spiro atoms. The Bertz CT molecular complexity index is 150. The first kappa shape index (κ1) is 11.0. The third-order valence-corrected chi connectivity index (χ3v) is 3.44. The molecule has 2 aliphatic rings. The van der Waals surface area contributed by atoms with Crippen LogP contribution < -0.4 is 0 Å². The van der Waals surface area contributed by atoms with Gasteiger partial charge in [-0.3, -0.25) is 0 Å². The zero-order chi connectivity index (χ0) is 7.84. The van der Waals surface area contributed by atoms with Crippen LogP contribution in [0, 0.1) is 23.9 Å². The number of rotatable bonds is 2. The van der Waals surface area contributed by atoms with Crippen molar-refractivity contribution < 1.29 is 5.11 Å². The molecule has 3 heteroatoms. The van der Waals surface area contributed by atoms with Gasteiger partial charge in [-0.1, -0.05) is 18.8 Å². The quantitative estimate of drug-likeness (QED) is 0.444. The zero-order valence-electron chi connectivity index (χ0n) is 8.63. The topological polar surface area (TPSA) is 20.2 Å². The van der Waals surface area contributed by atoms with Crippen LogP contribution in [0.15, 0.2) is 0 Å². The molecular weight excluding hydrogens is 670 g/mol. The van der Waals surface area contributed by atoms with Gasteiger partial charge in [0.2, 0.25) is 0 Å². The molecule has 0 aromatic heterocycles. The summed E-state index contributed by atoms with van der Waals surface area (Å²) in [6, 6.07) is 0. The van der Waals surface area contributed by atoms with Crippen molar-refractivity contribution >= 4 is 0 Å². The summed E-state index contributed by atoms with van der Waals surface area (Å²) in [6.07, 6.45) is 7.36. The predicted octanol–water partition coefficient (Wildman–Crippen LogP) is 2.74. The van der Waals surface area contributed by atoms with Crippen molar-refractivity contribution in [2.75, 3.05) is 0 Å². The Morgan fingerprint density at radius 2 is 1.92 bits per heavy atom. The van der Waals surface area contributed by atoms with Gasteiger partial charge in [0.15, 0.2) is 0 Å². The third-order valence-electron chi connectivity index (χ3n) is 3.44. The number of aliphatic hydroxyl groups is 1. The second-order valence-corrected chi connectivity index (χ2v) is 4.37. The summed E-state index contributed by atoms with van der Waals surface area (Å²) in [6.45, 7) is 1.84. The first-order chi connectivity index (χ1) is 5.25. The van der Waals surface area contributed by atoms with Crippen molar-refractivity contribution in [2.24, 2.45) is 17.8 Å². The summed E-state index contributed by atoms with van der Waals surface area (Å²) in [7, 11) is 0. The molecule has 0 amide bonds. The standard InChI is InChI=1S/C10H17O.2Rf/c1-7(11)4-10-6-8-2-3-9(10)5-8;;/h8-11H,2-6H2,1H3;;/q-1;;. The molecule has 0 aliphatic heterocycles. The van der Waals surface area contributed by atoms with Crippen molar-refractivity contribution in [3.05, 3.63) is 6.10 Å². The average molecular weight is 687 g/mol. The van der Waals surface area contributed by atoms with E-state index < -0.39 is 0 Å². The van der Waals surface area contributed by atoms with Gasteiger partial charge in [0.05, 0.1) is 0 Å². The van der Waals surface area contributed by atoms with E-state index in [2.05, 4.69) is 0 Å². The Labute approximate surface area is 68.8 Å². The molecule has 0 heterocycles. The molecule has 2 fully saturated rings. The summed E-state index contributed by atoms with van der Waals surface area (Å²) in [5, 5.41) is 9.16. The SMILES string of the molecule is C[C-](O)CC1CC2CCC1C2.[Rf].[Rf]. The minimum Gasteiger partial charge on any atom is -0.563 e. The number of aliphatic hydroxyl groups excluding tert-OH is 1. The van der Waals surface area contributed by atoms with E-state index in [9.17, 15) is 0 Å². The number of fused-ring (bicyclic) bond motifs is 2. The van der Waals surface area contributed by atoms with E-state index in [-0.39, 0.29) is 0 Å². The first-order valence-electron chi connectivity index (χ1n) is 4.77. The van der Waals surface area contributed by atoms with Gasteiger partial charge in [-0.05, 0) is 24.7 Å². The maximum absolute atomic E-state index is 9.16. The Balaban J connectivity index is 0.000000720. The van der Waals surface area contributed by atoms with Gasteiger partial charge < -0.3 is 5.11 Å². The van der Waals surface area contributed by atoms with E-state index in [1.54, 1.807) is 0 Å². The molecule has 2 saturated carbocycles. The van der Waals surface area contributed by atoms with Crippen LogP contribution in [0.2, 0.25) is 0 Å². The van der Waals surface area contributed by atoms with Crippen LogP contribution in [-0.4, -0.2) is 5.11 Å². The van der Waals surface area contributed by atoms with Crippen molar-refractivity contribution in [3.63, 3.8) is 0 Å². The minimum absolute atomic E-state index is 0. The number of hydrogen-bond donors (Lipinski definition) is 1. The van der Waals surface area contributed by atoms with Gasteiger partial charge in [0.1, 0.15) is 0 Å². The Hall–Kier alpha value is -2.04. The summed E-state index contributed by atoms with van der Waals surface area (Å²) < 4.78 is 0. The Morgan fingerprint density at radius 3 is 2.31 bits per heavy atom. The van der Waals surface area contributed by atoms with Gasteiger partial charge in [-0.15, -0.1) is 0 Å². The van der Waals surface area contributed by atoms with E-state index in [0.717, 1.165) is 24.2 Å². The van der Waals surface area contributed by atoms with E-state index in [1.165, 1.54) is 25.7 Å². The summed E-state index contributed by atoms with van der Waals surface area (Å²) in [5.74, 6) is 2.81. The first-order valence-corrected chi connectivity index (χ1v) is 4.77. The zero-order valence-corrected chi connectivity index (χ0v) is 21.4. The molecule has 2 bridgehead atoms. The van der Waals surface area contributed by atoms with Crippen LogP contribution >= 0.6 is 0 Å². The largest absolute Gasteiger partial charge is 0.563 e. The Morgan fingerprint density at radius 1 is 1.23 bits per heavy atom. The van der Waals surface area contributed by atoms with Gasteiger partial charge in [0, 0.05) is 0 Å². The van der Waals surface area contributed by atoms with E-state index in [4.69, 9.17) is 5.11 Å². The minimum atomic E-state index is 0. The molecule has 68 valence electrons. The van der Waals surface area contributed by atoms with Crippen LogP contribution in [0.3, 0.4) is 0 Å². The van der Waals surface area contributed by atoms with Crippen LogP contribution in [-0.2, 0) is 0 Å². The molecule has 0 aromatic rings. The van der Waals surface area contributed by atoms with Gasteiger partial charge in [-0.2, -0.15) is 13.3 Å². The maximum Gasteiger partial charge on any atom is 0 e. The van der Waals surface area contributed by atoms with Crippen LogP contribution in [0.4, 0.5) is 0 Å². The summed E-state index contributed by atoms with van der Waals surface area (Å²) in [4.78, 5) is 0. The molecule has 3 atom stereocenters. The normalized spacial score (nSPS) is 35.8. The molecular formula is C10H17ORf2-. The summed E-state index contributed by atoms with van der Waals surface area (Å²) >= 11 is 0. The molecule has 1 N–H and O–H groups in total.